The number of rotatable bonds is 3. The van der Waals surface area contributed by atoms with Crippen molar-refractivity contribution in [2.75, 3.05) is 6.54 Å². The van der Waals surface area contributed by atoms with Crippen molar-refractivity contribution in [2.45, 2.75) is 33.1 Å². The van der Waals surface area contributed by atoms with Gasteiger partial charge in [0.25, 0.3) is 0 Å². The molecular weight excluding hydrogens is 158 g/mol. The quantitative estimate of drug-likeness (QED) is 0.758. The SMILES string of the molecule is CCCN.CCCc1ccccc1. The van der Waals surface area contributed by atoms with Crippen LogP contribution < -0.4 is 5.73 Å². The Morgan fingerprint density at radius 1 is 1.00 bits per heavy atom. The summed E-state index contributed by atoms with van der Waals surface area (Å²) in [7, 11) is 0. The Hall–Kier alpha value is -0.820. The summed E-state index contributed by atoms with van der Waals surface area (Å²) in [5.41, 5.74) is 6.47. The van der Waals surface area contributed by atoms with Crippen LogP contribution in [0.15, 0.2) is 30.3 Å². The Balaban J connectivity index is 0.000000310. The molecule has 1 aromatic rings. The molecule has 13 heavy (non-hydrogen) atoms. The summed E-state index contributed by atoms with van der Waals surface area (Å²) in [6, 6.07) is 10.6. The van der Waals surface area contributed by atoms with Crippen molar-refractivity contribution in [3.8, 4) is 0 Å². The highest BCUT2D eigenvalue weighted by Crippen LogP contribution is 2.00. The molecule has 0 saturated carbocycles. The maximum absolute atomic E-state index is 5.03. The van der Waals surface area contributed by atoms with Gasteiger partial charge in [-0.05, 0) is 24.9 Å². The molecule has 0 radical (unpaired) electrons. The zero-order valence-electron chi connectivity index (χ0n) is 8.79. The third-order valence-corrected chi connectivity index (χ3v) is 1.67. The average Bonchev–Trinajstić information content (AvgIpc) is 2.20. The van der Waals surface area contributed by atoms with Gasteiger partial charge in [0, 0.05) is 0 Å². The highest BCUT2D eigenvalue weighted by atomic mass is 14.5. The molecule has 0 atom stereocenters. The molecule has 0 bridgehead atoms. The Bertz CT molecular complexity index is 180. The summed E-state index contributed by atoms with van der Waals surface area (Å²) >= 11 is 0. The van der Waals surface area contributed by atoms with Crippen molar-refractivity contribution in [3.63, 3.8) is 0 Å². The second-order valence-corrected chi connectivity index (χ2v) is 3.02. The van der Waals surface area contributed by atoms with E-state index in [0.29, 0.717) is 0 Å². The van der Waals surface area contributed by atoms with Gasteiger partial charge in [-0.15, -0.1) is 0 Å². The molecule has 0 aliphatic rings. The molecule has 2 N–H and O–H groups in total. The second kappa shape index (κ2) is 9.27. The van der Waals surface area contributed by atoms with E-state index in [2.05, 4.69) is 44.2 Å². The van der Waals surface area contributed by atoms with Crippen LogP contribution in [0.4, 0.5) is 0 Å². The van der Waals surface area contributed by atoms with Crippen LogP contribution in [-0.4, -0.2) is 6.54 Å². The van der Waals surface area contributed by atoms with Crippen LogP contribution in [0, 0.1) is 0 Å². The van der Waals surface area contributed by atoms with E-state index in [1.165, 1.54) is 18.4 Å². The molecule has 1 rings (SSSR count). The first-order valence-corrected chi connectivity index (χ1v) is 5.09. The van der Waals surface area contributed by atoms with E-state index in [1.807, 2.05) is 0 Å². The first-order valence-electron chi connectivity index (χ1n) is 5.09. The zero-order chi connectivity index (χ0) is 9.94. The lowest BCUT2D eigenvalue weighted by Gasteiger charge is -1.93. The predicted molar refractivity (Wildman–Crippen MR) is 59.8 cm³/mol. The molecule has 0 unspecified atom stereocenters. The van der Waals surface area contributed by atoms with Gasteiger partial charge in [-0.2, -0.15) is 0 Å². The lowest BCUT2D eigenvalue weighted by atomic mass is 10.1. The maximum Gasteiger partial charge on any atom is -0.00799 e. The van der Waals surface area contributed by atoms with Gasteiger partial charge in [0.15, 0.2) is 0 Å². The largest absolute Gasteiger partial charge is 0.330 e. The van der Waals surface area contributed by atoms with Crippen LogP contribution in [0.5, 0.6) is 0 Å². The highest BCUT2D eigenvalue weighted by molar-refractivity contribution is 5.14. The van der Waals surface area contributed by atoms with Crippen molar-refractivity contribution in [2.24, 2.45) is 5.73 Å². The molecule has 1 heteroatoms. The van der Waals surface area contributed by atoms with Crippen LogP contribution in [0.1, 0.15) is 32.3 Å². The van der Waals surface area contributed by atoms with Crippen LogP contribution in [0.3, 0.4) is 0 Å². The third kappa shape index (κ3) is 7.54. The highest BCUT2D eigenvalue weighted by Gasteiger charge is 1.84. The molecular formula is C12H21N. The Morgan fingerprint density at radius 2 is 1.54 bits per heavy atom. The van der Waals surface area contributed by atoms with Crippen LogP contribution in [0.25, 0.3) is 0 Å². The molecule has 0 spiro atoms. The summed E-state index contributed by atoms with van der Waals surface area (Å²) in [6.07, 6.45) is 3.55. The number of aryl methyl sites for hydroxylation is 1. The summed E-state index contributed by atoms with van der Waals surface area (Å²) in [5, 5.41) is 0. The third-order valence-electron chi connectivity index (χ3n) is 1.67. The van der Waals surface area contributed by atoms with Gasteiger partial charge in [-0.1, -0.05) is 50.6 Å². The van der Waals surface area contributed by atoms with Crippen molar-refractivity contribution >= 4 is 0 Å². The number of benzene rings is 1. The van der Waals surface area contributed by atoms with Gasteiger partial charge in [0.05, 0.1) is 0 Å². The second-order valence-electron chi connectivity index (χ2n) is 3.02. The van der Waals surface area contributed by atoms with E-state index >= 15 is 0 Å². The molecule has 1 nitrogen and oxygen atoms in total. The molecule has 0 fully saturated rings. The molecule has 1 aromatic carbocycles. The molecule has 0 heterocycles. The van der Waals surface area contributed by atoms with E-state index < -0.39 is 0 Å². The average molecular weight is 179 g/mol. The predicted octanol–water partition coefficient (Wildman–Crippen LogP) is 2.99. The van der Waals surface area contributed by atoms with E-state index in [9.17, 15) is 0 Å². The Labute approximate surface area is 82.0 Å². The van der Waals surface area contributed by atoms with Crippen molar-refractivity contribution in [3.05, 3.63) is 35.9 Å². The topological polar surface area (TPSA) is 26.0 Å². The molecule has 0 amide bonds. The standard InChI is InChI=1S/C9H12.C3H9N/c1-2-6-9-7-4-3-5-8-9;1-2-3-4/h3-5,7-8H,2,6H2,1H3;2-4H2,1H3. The molecule has 0 aromatic heterocycles. The summed E-state index contributed by atoms with van der Waals surface area (Å²) in [4.78, 5) is 0. The summed E-state index contributed by atoms with van der Waals surface area (Å²) in [5.74, 6) is 0. The number of hydrogen-bond acceptors (Lipinski definition) is 1. The first kappa shape index (κ1) is 12.2. The van der Waals surface area contributed by atoms with Gasteiger partial charge in [0.2, 0.25) is 0 Å². The van der Waals surface area contributed by atoms with E-state index in [-0.39, 0.29) is 0 Å². The molecule has 0 aliphatic carbocycles. The minimum absolute atomic E-state index is 0.819. The smallest absolute Gasteiger partial charge is 0.00799 e. The normalized spacial score (nSPS) is 8.85. The zero-order valence-corrected chi connectivity index (χ0v) is 8.79. The Kier molecular flexibility index (Phi) is 8.68. The minimum atomic E-state index is 0.819. The lowest BCUT2D eigenvalue weighted by molar-refractivity contribution is 0.922. The van der Waals surface area contributed by atoms with Gasteiger partial charge in [0.1, 0.15) is 0 Å². The van der Waals surface area contributed by atoms with Crippen molar-refractivity contribution < 1.29 is 0 Å². The number of hydrogen-bond donors (Lipinski definition) is 1. The van der Waals surface area contributed by atoms with E-state index in [4.69, 9.17) is 5.73 Å². The first-order chi connectivity index (χ1) is 6.35. The number of nitrogens with two attached hydrogens (primary N) is 1. The fraction of sp³-hybridized carbons (Fsp3) is 0.500. The van der Waals surface area contributed by atoms with Gasteiger partial charge in [-0.3, -0.25) is 0 Å². The van der Waals surface area contributed by atoms with Crippen LogP contribution in [-0.2, 0) is 6.42 Å². The van der Waals surface area contributed by atoms with Gasteiger partial charge < -0.3 is 5.73 Å². The molecule has 74 valence electrons. The van der Waals surface area contributed by atoms with Crippen LogP contribution >= 0.6 is 0 Å². The lowest BCUT2D eigenvalue weighted by Crippen LogP contribution is -1.93. The molecule has 0 aliphatic heterocycles. The van der Waals surface area contributed by atoms with Crippen LogP contribution in [0.2, 0.25) is 0 Å². The molecule has 0 saturated heterocycles. The van der Waals surface area contributed by atoms with E-state index in [1.54, 1.807) is 0 Å². The monoisotopic (exact) mass is 179 g/mol. The fourth-order valence-electron chi connectivity index (χ4n) is 0.933. The van der Waals surface area contributed by atoms with Crippen molar-refractivity contribution in [1.29, 1.82) is 0 Å². The minimum Gasteiger partial charge on any atom is -0.330 e. The van der Waals surface area contributed by atoms with Gasteiger partial charge >= 0.3 is 0 Å². The van der Waals surface area contributed by atoms with Gasteiger partial charge in [-0.25, -0.2) is 0 Å². The van der Waals surface area contributed by atoms with E-state index in [0.717, 1.165) is 13.0 Å². The fourth-order valence-corrected chi connectivity index (χ4v) is 0.933. The maximum atomic E-state index is 5.03. The Morgan fingerprint density at radius 3 is 1.92 bits per heavy atom. The summed E-state index contributed by atoms with van der Waals surface area (Å²) in [6.45, 7) is 5.08. The summed E-state index contributed by atoms with van der Waals surface area (Å²) < 4.78 is 0. The van der Waals surface area contributed by atoms with Crippen molar-refractivity contribution in [1.82, 2.24) is 0 Å².